The molecular weight excluding hydrogens is 284 g/mol. The minimum absolute atomic E-state index is 0.0410. The average molecular weight is 304 g/mol. The maximum absolute atomic E-state index is 12.0. The number of carboxylic acid groups (broad SMARTS) is 1. The van der Waals surface area contributed by atoms with Gasteiger partial charge in [-0.2, -0.15) is 0 Å². The van der Waals surface area contributed by atoms with Gasteiger partial charge in [-0.1, -0.05) is 6.92 Å². The highest BCUT2D eigenvalue weighted by molar-refractivity contribution is 6.00. The Morgan fingerprint density at radius 1 is 1.32 bits per heavy atom. The summed E-state index contributed by atoms with van der Waals surface area (Å²) in [4.78, 5) is 34.4. The highest BCUT2D eigenvalue weighted by atomic mass is 16.4. The molecule has 0 aromatic heterocycles. The van der Waals surface area contributed by atoms with E-state index in [1.807, 2.05) is 13.8 Å². The highest BCUT2D eigenvalue weighted by Crippen LogP contribution is 2.29. The fourth-order valence-corrected chi connectivity index (χ4v) is 2.78. The van der Waals surface area contributed by atoms with Crippen molar-refractivity contribution >= 4 is 17.8 Å². The highest BCUT2D eigenvalue weighted by Gasteiger charge is 2.29. The Kier molecular flexibility index (Phi) is 4.49. The zero-order chi connectivity index (χ0) is 16.4. The monoisotopic (exact) mass is 304 g/mol. The van der Waals surface area contributed by atoms with Gasteiger partial charge in [-0.25, -0.2) is 0 Å². The summed E-state index contributed by atoms with van der Waals surface area (Å²) in [5, 5.41) is 14.3. The van der Waals surface area contributed by atoms with Gasteiger partial charge in [0.2, 0.25) is 5.91 Å². The quantitative estimate of drug-likeness (QED) is 0.719. The van der Waals surface area contributed by atoms with Gasteiger partial charge in [0.25, 0.3) is 5.91 Å². The van der Waals surface area contributed by atoms with Crippen molar-refractivity contribution in [2.45, 2.75) is 40.0 Å². The second-order valence-electron chi connectivity index (χ2n) is 5.51. The van der Waals surface area contributed by atoms with E-state index in [4.69, 9.17) is 5.11 Å². The first-order valence-electron chi connectivity index (χ1n) is 7.34. The lowest BCUT2D eigenvalue weighted by Crippen LogP contribution is -2.20. The molecule has 118 valence electrons. The van der Waals surface area contributed by atoms with Gasteiger partial charge < -0.3 is 15.7 Å². The van der Waals surface area contributed by atoms with Gasteiger partial charge in [-0.15, -0.1) is 0 Å². The van der Waals surface area contributed by atoms with E-state index >= 15 is 0 Å². The summed E-state index contributed by atoms with van der Waals surface area (Å²) in [5.74, 6) is -1.40. The lowest BCUT2D eigenvalue weighted by Gasteiger charge is -2.05. The normalized spacial score (nSPS) is 23.4. The Bertz CT molecular complexity index is 641. The van der Waals surface area contributed by atoms with Crippen LogP contribution in [0.5, 0.6) is 0 Å². The molecule has 0 fully saturated rings. The minimum Gasteiger partial charge on any atom is -0.481 e. The SMILES string of the molecule is CCC1=C(C=C2NC(=O)C(CCC(=O)O)=C2C)NC(=O)C1C. The average Bonchev–Trinajstić information content (AvgIpc) is 2.86. The van der Waals surface area contributed by atoms with Crippen LogP contribution in [0.2, 0.25) is 0 Å². The maximum Gasteiger partial charge on any atom is 0.303 e. The zero-order valence-electron chi connectivity index (χ0n) is 12.9. The van der Waals surface area contributed by atoms with E-state index in [1.54, 1.807) is 13.0 Å². The topological polar surface area (TPSA) is 95.5 Å². The fourth-order valence-electron chi connectivity index (χ4n) is 2.78. The van der Waals surface area contributed by atoms with E-state index in [9.17, 15) is 14.4 Å². The standard InChI is InChI=1S/C16H20N2O4/c1-4-10-9(3)15(21)18-13(10)7-12-8(2)11(16(22)17-12)5-6-14(19)20/h7,9H,4-6H2,1-3H3,(H,17,22)(H,18,21)(H,19,20). The Balaban J connectivity index is 2.30. The van der Waals surface area contributed by atoms with Crippen molar-refractivity contribution in [2.24, 2.45) is 5.92 Å². The van der Waals surface area contributed by atoms with E-state index in [1.165, 1.54) is 0 Å². The van der Waals surface area contributed by atoms with E-state index in [0.29, 0.717) is 11.3 Å². The van der Waals surface area contributed by atoms with Crippen molar-refractivity contribution < 1.29 is 19.5 Å². The van der Waals surface area contributed by atoms with Gasteiger partial charge in [-0.05, 0) is 43.9 Å². The molecule has 2 aliphatic heterocycles. The molecule has 22 heavy (non-hydrogen) atoms. The number of carbonyl (C=O) groups excluding carboxylic acids is 2. The summed E-state index contributed by atoms with van der Waals surface area (Å²) < 4.78 is 0. The number of carboxylic acids is 1. The second-order valence-corrected chi connectivity index (χ2v) is 5.51. The van der Waals surface area contributed by atoms with Crippen LogP contribution in [0.15, 0.2) is 34.2 Å². The maximum atomic E-state index is 12.0. The lowest BCUT2D eigenvalue weighted by molar-refractivity contribution is -0.137. The molecule has 6 nitrogen and oxygen atoms in total. The third-order valence-electron chi connectivity index (χ3n) is 4.16. The van der Waals surface area contributed by atoms with Crippen LogP contribution in [0.4, 0.5) is 0 Å². The molecule has 0 aromatic rings. The summed E-state index contributed by atoms with van der Waals surface area (Å²) in [6.45, 7) is 5.63. The number of allylic oxidation sites excluding steroid dienone is 2. The van der Waals surface area contributed by atoms with Crippen molar-refractivity contribution in [3.8, 4) is 0 Å². The molecule has 0 spiro atoms. The third kappa shape index (κ3) is 2.95. The van der Waals surface area contributed by atoms with Crippen LogP contribution in [0.25, 0.3) is 0 Å². The van der Waals surface area contributed by atoms with Crippen LogP contribution in [0.1, 0.15) is 40.0 Å². The van der Waals surface area contributed by atoms with Crippen LogP contribution in [0.3, 0.4) is 0 Å². The van der Waals surface area contributed by atoms with Crippen molar-refractivity contribution in [1.29, 1.82) is 0 Å². The van der Waals surface area contributed by atoms with Crippen LogP contribution < -0.4 is 10.6 Å². The third-order valence-corrected chi connectivity index (χ3v) is 4.16. The Morgan fingerprint density at radius 2 is 2.00 bits per heavy atom. The molecule has 2 aliphatic rings. The Labute approximate surface area is 129 Å². The number of hydrogen-bond donors (Lipinski definition) is 3. The van der Waals surface area contributed by atoms with E-state index in [0.717, 1.165) is 23.3 Å². The number of carbonyl (C=O) groups is 3. The minimum atomic E-state index is -0.932. The molecule has 1 atom stereocenters. The van der Waals surface area contributed by atoms with Crippen LogP contribution >= 0.6 is 0 Å². The van der Waals surface area contributed by atoms with Gasteiger partial charge in [0.1, 0.15) is 0 Å². The molecule has 0 bridgehead atoms. The number of nitrogens with one attached hydrogen (secondary N) is 2. The van der Waals surface area contributed by atoms with Crippen LogP contribution in [-0.2, 0) is 14.4 Å². The summed E-state index contributed by atoms with van der Waals surface area (Å²) >= 11 is 0. The van der Waals surface area contributed by atoms with Crippen molar-refractivity contribution in [3.05, 3.63) is 34.2 Å². The molecule has 6 heteroatoms. The predicted octanol–water partition coefficient (Wildman–Crippen LogP) is 1.61. The number of amides is 2. The molecular formula is C16H20N2O4. The number of rotatable bonds is 5. The number of aliphatic carboxylic acids is 1. The molecule has 2 rings (SSSR count). The summed E-state index contributed by atoms with van der Waals surface area (Å²) in [6.07, 6.45) is 2.64. The second kappa shape index (κ2) is 6.17. The first-order valence-corrected chi connectivity index (χ1v) is 7.34. The predicted molar refractivity (Wildman–Crippen MR) is 80.4 cm³/mol. The van der Waals surface area contributed by atoms with E-state index < -0.39 is 5.97 Å². The van der Waals surface area contributed by atoms with Crippen molar-refractivity contribution in [1.82, 2.24) is 10.6 Å². The van der Waals surface area contributed by atoms with E-state index in [2.05, 4.69) is 10.6 Å². The molecule has 1 unspecified atom stereocenters. The first-order chi connectivity index (χ1) is 10.3. The molecule has 0 aromatic carbocycles. The molecule has 3 N–H and O–H groups in total. The van der Waals surface area contributed by atoms with Crippen LogP contribution in [0, 0.1) is 5.92 Å². The summed E-state index contributed by atoms with van der Waals surface area (Å²) in [5.41, 5.74) is 3.60. The summed E-state index contributed by atoms with van der Waals surface area (Å²) in [6, 6.07) is 0. The first kappa shape index (κ1) is 16.0. The van der Waals surface area contributed by atoms with Gasteiger partial charge in [0.15, 0.2) is 0 Å². The largest absolute Gasteiger partial charge is 0.481 e. The molecule has 0 saturated heterocycles. The van der Waals surface area contributed by atoms with Crippen molar-refractivity contribution in [2.75, 3.05) is 0 Å². The van der Waals surface area contributed by atoms with Gasteiger partial charge >= 0.3 is 5.97 Å². The zero-order valence-corrected chi connectivity index (χ0v) is 12.9. The molecule has 0 aliphatic carbocycles. The Morgan fingerprint density at radius 3 is 2.59 bits per heavy atom. The molecule has 2 heterocycles. The van der Waals surface area contributed by atoms with E-state index in [-0.39, 0.29) is 30.6 Å². The molecule has 2 amide bonds. The number of hydrogen-bond acceptors (Lipinski definition) is 3. The molecule has 0 saturated carbocycles. The van der Waals surface area contributed by atoms with Gasteiger partial charge in [0.05, 0.1) is 5.92 Å². The van der Waals surface area contributed by atoms with Gasteiger partial charge in [-0.3, -0.25) is 14.4 Å². The Hall–Kier alpha value is -2.37. The smallest absolute Gasteiger partial charge is 0.303 e. The fraction of sp³-hybridized carbons (Fsp3) is 0.438. The van der Waals surface area contributed by atoms with Crippen LogP contribution in [-0.4, -0.2) is 22.9 Å². The lowest BCUT2D eigenvalue weighted by atomic mass is 9.99. The van der Waals surface area contributed by atoms with Gasteiger partial charge in [0, 0.05) is 23.4 Å². The molecule has 0 radical (unpaired) electrons. The van der Waals surface area contributed by atoms with Crippen molar-refractivity contribution in [3.63, 3.8) is 0 Å². The summed E-state index contributed by atoms with van der Waals surface area (Å²) in [7, 11) is 0.